The molecule has 0 saturated heterocycles. The second-order valence-corrected chi connectivity index (χ2v) is 9.13. The number of rotatable bonds is 12. The quantitative estimate of drug-likeness (QED) is 0.106. The lowest BCUT2D eigenvalue weighted by Crippen LogP contribution is -1.97. The molecule has 1 aliphatic carbocycles. The molecule has 0 radical (unpaired) electrons. The van der Waals surface area contributed by atoms with Crippen LogP contribution >= 0.6 is 0 Å². The van der Waals surface area contributed by atoms with Gasteiger partial charge < -0.3 is 4.74 Å². The second-order valence-electron chi connectivity index (χ2n) is 9.13. The smallest absolute Gasteiger partial charge is 0.284 e. The summed E-state index contributed by atoms with van der Waals surface area (Å²) in [5, 5.41) is 34.8. The van der Waals surface area contributed by atoms with Crippen molar-refractivity contribution in [2.24, 2.45) is 0 Å². The van der Waals surface area contributed by atoms with Gasteiger partial charge in [0.15, 0.2) is 0 Å². The van der Waals surface area contributed by atoms with Crippen molar-refractivity contribution < 1.29 is 19.5 Å². The predicted octanol–water partition coefficient (Wildman–Crippen LogP) is 7.72. The van der Waals surface area contributed by atoms with E-state index in [4.69, 9.17) is 4.74 Å². The zero-order valence-corrected chi connectivity index (χ0v) is 20.9. The van der Waals surface area contributed by atoms with Crippen molar-refractivity contribution in [2.45, 2.75) is 45.4 Å². The van der Waals surface area contributed by atoms with Crippen LogP contribution in [0.4, 0.5) is 17.1 Å². The Morgan fingerprint density at radius 3 is 2.03 bits per heavy atom. The van der Waals surface area contributed by atoms with E-state index in [-0.39, 0.29) is 16.8 Å². The Balaban J connectivity index is 1.67. The summed E-state index contributed by atoms with van der Waals surface area (Å²) >= 11 is 0. The molecule has 0 unspecified atom stereocenters. The van der Waals surface area contributed by atoms with Crippen LogP contribution in [0, 0.1) is 30.3 Å². The summed E-state index contributed by atoms with van der Waals surface area (Å²) < 4.78 is 5.83. The standard InChI is InChI=1S/C28H27N3O7/c1-2-3-4-5-6-7-14-38-22-11-8-19(9-12-22)15-24-25-16-20(29(32)33)10-13-23(25)28-26(24)17-21(30(34)35)18-27(28)31(36)37/h8-13,15-18H,2-7,14H2,1H3/b24-15+. The number of nitro groups is 3. The van der Waals surface area contributed by atoms with Crippen molar-refractivity contribution in [1.29, 1.82) is 0 Å². The van der Waals surface area contributed by atoms with Gasteiger partial charge in [0.25, 0.3) is 17.1 Å². The Morgan fingerprint density at radius 1 is 0.711 bits per heavy atom. The van der Waals surface area contributed by atoms with E-state index in [1.807, 2.05) is 24.3 Å². The third-order valence-electron chi connectivity index (χ3n) is 6.53. The highest BCUT2D eigenvalue weighted by Crippen LogP contribution is 2.51. The Labute approximate surface area is 219 Å². The fraction of sp³-hybridized carbons (Fsp3) is 0.286. The van der Waals surface area contributed by atoms with E-state index < -0.39 is 26.1 Å². The van der Waals surface area contributed by atoms with Gasteiger partial charge in [-0.15, -0.1) is 0 Å². The van der Waals surface area contributed by atoms with Gasteiger partial charge in [0.05, 0.1) is 33.0 Å². The SMILES string of the molecule is CCCCCCCCOc1ccc(/C=C2\c3cc([N+](=O)[O-])ccc3-c3c2cc([N+](=O)[O-])cc3[N+](=O)[O-])cc1. The minimum absolute atomic E-state index is 0.182. The molecule has 0 saturated carbocycles. The molecule has 0 bridgehead atoms. The molecule has 3 aromatic rings. The minimum Gasteiger partial charge on any atom is -0.494 e. The van der Waals surface area contributed by atoms with Gasteiger partial charge in [-0.2, -0.15) is 0 Å². The molecular formula is C28H27N3O7. The van der Waals surface area contributed by atoms with Gasteiger partial charge in [0.1, 0.15) is 5.75 Å². The lowest BCUT2D eigenvalue weighted by Gasteiger charge is -2.07. The molecule has 10 nitrogen and oxygen atoms in total. The first kappa shape index (κ1) is 26.5. The molecule has 0 heterocycles. The van der Waals surface area contributed by atoms with E-state index in [2.05, 4.69) is 6.92 Å². The minimum atomic E-state index is -0.688. The Kier molecular flexibility index (Phi) is 8.10. The number of ether oxygens (including phenoxy) is 1. The van der Waals surface area contributed by atoms with Crippen LogP contribution in [0.3, 0.4) is 0 Å². The first-order valence-corrected chi connectivity index (χ1v) is 12.5. The Morgan fingerprint density at radius 2 is 1.37 bits per heavy atom. The number of hydrogen-bond acceptors (Lipinski definition) is 7. The first-order valence-electron chi connectivity index (χ1n) is 12.5. The number of nitro benzene ring substituents is 3. The predicted molar refractivity (Wildman–Crippen MR) is 144 cm³/mol. The van der Waals surface area contributed by atoms with Crippen LogP contribution in [-0.2, 0) is 0 Å². The number of fused-ring (bicyclic) bond motifs is 3. The molecular weight excluding hydrogens is 490 g/mol. The summed E-state index contributed by atoms with van der Waals surface area (Å²) in [4.78, 5) is 32.9. The van der Waals surface area contributed by atoms with Crippen molar-refractivity contribution in [3.63, 3.8) is 0 Å². The van der Waals surface area contributed by atoms with Crippen molar-refractivity contribution >= 4 is 28.7 Å². The molecule has 1 aliphatic rings. The largest absolute Gasteiger partial charge is 0.494 e. The maximum atomic E-state index is 11.8. The van der Waals surface area contributed by atoms with Gasteiger partial charge in [-0.05, 0) is 53.0 Å². The monoisotopic (exact) mass is 517 g/mol. The zero-order valence-electron chi connectivity index (χ0n) is 20.9. The van der Waals surface area contributed by atoms with Crippen LogP contribution in [0.15, 0.2) is 54.6 Å². The van der Waals surface area contributed by atoms with E-state index in [1.165, 1.54) is 49.9 Å². The van der Waals surface area contributed by atoms with Crippen molar-refractivity contribution in [3.8, 4) is 16.9 Å². The van der Waals surface area contributed by atoms with Gasteiger partial charge in [-0.1, -0.05) is 51.2 Å². The van der Waals surface area contributed by atoms with Gasteiger partial charge >= 0.3 is 0 Å². The third kappa shape index (κ3) is 5.69. The maximum absolute atomic E-state index is 11.8. The lowest BCUT2D eigenvalue weighted by atomic mass is 10.00. The first-order chi connectivity index (χ1) is 18.3. The molecule has 0 amide bonds. The van der Waals surface area contributed by atoms with E-state index >= 15 is 0 Å². The Hall–Kier alpha value is -4.60. The van der Waals surface area contributed by atoms with E-state index in [0.717, 1.165) is 18.9 Å². The average Bonchev–Trinajstić information content (AvgIpc) is 3.21. The number of non-ortho nitro benzene ring substituents is 2. The van der Waals surface area contributed by atoms with Gasteiger partial charge in [0, 0.05) is 23.8 Å². The van der Waals surface area contributed by atoms with Gasteiger partial charge in [-0.3, -0.25) is 30.3 Å². The molecule has 0 aliphatic heterocycles. The van der Waals surface area contributed by atoms with Crippen LogP contribution in [0.25, 0.3) is 22.8 Å². The zero-order chi connectivity index (χ0) is 27.2. The molecule has 10 heteroatoms. The van der Waals surface area contributed by atoms with Gasteiger partial charge in [-0.25, -0.2) is 0 Å². The molecule has 0 atom stereocenters. The molecule has 3 aromatic carbocycles. The highest BCUT2D eigenvalue weighted by molar-refractivity contribution is 6.09. The van der Waals surface area contributed by atoms with Crippen LogP contribution in [0.2, 0.25) is 0 Å². The highest BCUT2D eigenvalue weighted by Gasteiger charge is 2.34. The van der Waals surface area contributed by atoms with Crippen LogP contribution in [0.1, 0.15) is 62.1 Å². The van der Waals surface area contributed by atoms with Crippen LogP contribution in [-0.4, -0.2) is 21.4 Å². The number of nitrogens with zero attached hydrogens (tertiary/aromatic N) is 3. The lowest BCUT2D eigenvalue weighted by molar-refractivity contribution is -0.393. The van der Waals surface area contributed by atoms with Gasteiger partial charge in [0.2, 0.25) is 0 Å². The van der Waals surface area contributed by atoms with Crippen molar-refractivity contribution in [3.05, 3.63) is 102 Å². The molecule has 0 spiro atoms. The third-order valence-corrected chi connectivity index (χ3v) is 6.53. The summed E-state index contributed by atoms with van der Waals surface area (Å²) in [7, 11) is 0. The average molecular weight is 518 g/mol. The van der Waals surface area contributed by atoms with E-state index in [9.17, 15) is 30.3 Å². The molecule has 0 aromatic heterocycles. The molecule has 196 valence electrons. The fourth-order valence-electron chi connectivity index (χ4n) is 4.64. The number of hydrogen-bond donors (Lipinski definition) is 0. The highest BCUT2D eigenvalue weighted by atomic mass is 16.6. The number of unbranched alkanes of at least 4 members (excludes halogenated alkanes) is 5. The number of benzene rings is 3. The van der Waals surface area contributed by atoms with Crippen molar-refractivity contribution in [1.82, 2.24) is 0 Å². The molecule has 0 fully saturated rings. The summed E-state index contributed by atoms with van der Waals surface area (Å²) in [5.74, 6) is 0.704. The summed E-state index contributed by atoms with van der Waals surface area (Å²) in [6, 6.07) is 13.5. The van der Waals surface area contributed by atoms with Crippen molar-refractivity contribution in [2.75, 3.05) is 6.61 Å². The summed E-state index contributed by atoms with van der Waals surface area (Å²) in [6.45, 7) is 2.80. The molecule has 38 heavy (non-hydrogen) atoms. The molecule has 4 rings (SSSR count). The molecule has 0 N–H and O–H groups in total. The maximum Gasteiger partial charge on any atom is 0.284 e. The van der Waals surface area contributed by atoms with E-state index in [1.54, 1.807) is 6.08 Å². The fourth-order valence-corrected chi connectivity index (χ4v) is 4.64. The van der Waals surface area contributed by atoms with Crippen LogP contribution < -0.4 is 4.74 Å². The summed E-state index contributed by atoms with van der Waals surface area (Å²) in [5.41, 5.74) is 1.42. The van der Waals surface area contributed by atoms with Crippen LogP contribution in [0.5, 0.6) is 5.75 Å². The van der Waals surface area contributed by atoms with E-state index in [0.29, 0.717) is 34.6 Å². The summed E-state index contributed by atoms with van der Waals surface area (Å²) in [6.07, 6.45) is 8.70. The normalized spacial score (nSPS) is 12.7. The Bertz CT molecular complexity index is 1410. The topological polar surface area (TPSA) is 139 Å². The second kappa shape index (κ2) is 11.6.